The van der Waals surface area contributed by atoms with Crippen molar-refractivity contribution in [2.24, 2.45) is 5.73 Å². The molecule has 0 saturated carbocycles. The summed E-state index contributed by atoms with van der Waals surface area (Å²) in [5, 5.41) is 16.2. The topological polar surface area (TPSA) is 98.2 Å². The molecule has 0 aliphatic heterocycles. The van der Waals surface area contributed by atoms with Gasteiger partial charge in [-0.05, 0) is 29.8 Å². The number of aromatic nitrogens is 4. The Labute approximate surface area is 149 Å². The molecule has 7 nitrogen and oxygen atoms in total. The normalized spacial score (nSPS) is 10.8. The molecule has 2 aromatic heterocycles. The van der Waals surface area contributed by atoms with E-state index in [9.17, 15) is 4.79 Å². The van der Waals surface area contributed by atoms with E-state index in [0.717, 1.165) is 11.1 Å². The minimum atomic E-state index is -0.433. The maximum absolute atomic E-state index is 11.1. The summed E-state index contributed by atoms with van der Waals surface area (Å²) in [5.74, 6) is 0.959. The molecule has 4 aromatic rings. The molecule has 0 atom stereocenters. The fourth-order valence-electron chi connectivity index (χ4n) is 2.63. The van der Waals surface area contributed by atoms with E-state index in [0.29, 0.717) is 29.4 Å². The molecule has 26 heavy (non-hydrogen) atoms. The molecule has 7 heteroatoms. The van der Waals surface area contributed by atoms with E-state index >= 15 is 0 Å². The summed E-state index contributed by atoms with van der Waals surface area (Å²) in [4.78, 5) is 11.1. The first-order chi connectivity index (χ1) is 12.7. The van der Waals surface area contributed by atoms with Crippen LogP contribution in [0.5, 0.6) is 0 Å². The molecule has 0 fully saturated rings. The van der Waals surface area contributed by atoms with Crippen LogP contribution in [0.25, 0.3) is 17.0 Å². The lowest BCUT2D eigenvalue weighted by Gasteiger charge is -2.07. The van der Waals surface area contributed by atoms with Gasteiger partial charge in [-0.15, -0.1) is 15.3 Å². The Morgan fingerprint density at radius 1 is 0.962 bits per heavy atom. The second-order valence-electron chi connectivity index (χ2n) is 5.79. The standard InChI is InChI=1S/C19H16N6O/c20-18(26)14-8-6-13(7-9-14)12-21-16-10-11-17-22-23-19(25(17)24-16)15-4-2-1-3-5-15/h1-11H,12H2,(H2,20,26)(H,21,24). The van der Waals surface area contributed by atoms with E-state index in [1.54, 1.807) is 16.6 Å². The second-order valence-corrected chi connectivity index (χ2v) is 5.79. The number of primary amides is 1. The van der Waals surface area contributed by atoms with E-state index in [1.165, 1.54) is 0 Å². The number of carbonyl (C=O) groups is 1. The van der Waals surface area contributed by atoms with Gasteiger partial charge in [-0.25, -0.2) is 0 Å². The SMILES string of the molecule is NC(=O)c1ccc(CNc2ccc3nnc(-c4ccccc4)n3n2)cc1. The number of hydrogen-bond donors (Lipinski definition) is 2. The lowest BCUT2D eigenvalue weighted by Crippen LogP contribution is -2.11. The molecule has 1 amide bonds. The van der Waals surface area contributed by atoms with Crippen LogP contribution in [-0.2, 0) is 6.54 Å². The summed E-state index contributed by atoms with van der Waals surface area (Å²) in [7, 11) is 0. The minimum absolute atomic E-state index is 0.433. The van der Waals surface area contributed by atoms with Crippen molar-refractivity contribution in [3.63, 3.8) is 0 Å². The van der Waals surface area contributed by atoms with Gasteiger partial charge in [-0.1, -0.05) is 42.5 Å². The zero-order valence-electron chi connectivity index (χ0n) is 13.8. The first-order valence-electron chi connectivity index (χ1n) is 8.11. The maximum atomic E-state index is 11.1. The van der Waals surface area contributed by atoms with Crippen molar-refractivity contribution < 1.29 is 4.79 Å². The van der Waals surface area contributed by atoms with Crippen LogP contribution in [-0.4, -0.2) is 25.7 Å². The molecule has 0 unspecified atom stereocenters. The van der Waals surface area contributed by atoms with Gasteiger partial charge < -0.3 is 11.1 Å². The molecule has 0 aliphatic rings. The van der Waals surface area contributed by atoms with Gasteiger partial charge in [-0.3, -0.25) is 4.79 Å². The van der Waals surface area contributed by atoms with E-state index in [4.69, 9.17) is 5.73 Å². The molecule has 0 bridgehead atoms. The van der Waals surface area contributed by atoms with Crippen molar-refractivity contribution in [2.45, 2.75) is 6.54 Å². The van der Waals surface area contributed by atoms with Crippen LogP contribution in [0.15, 0.2) is 66.7 Å². The molecular formula is C19H16N6O. The number of carbonyl (C=O) groups excluding carboxylic acids is 1. The van der Waals surface area contributed by atoms with Crippen LogP contribution < -0.4 is 11.1 Å². The van der Waals surface area contributed by atoms with Gasteiger partial charge in [0.15, 0.2) is 11.5 Å². The van der Waals surface area contributed by atoms with Crippen molar-refractivity contribution in [3.8, 4) is 11.4 Å². The first kappa shape index (κ1) is 15.8. The maximum Gasteiger partial charge on any atom is 0.248 e. The molecule has 128 valence electrons. The number of anilines is 1. The van der Waals surface area contributed by atoms with E-state index in [2.05, 4.69) is 20.6 Å². The summed E-state index contributed by atoms with van der Waals surface area (Å²) < 4.78 is 1.72. The number of nitrogens with one attached hydrogen (secondary N) is 1. The van der Waals surface area contributed by atoms with Gasteiger partial charge in [-0.2, -0.15) is 4.52 Å². The quantitative estimate of drug-likeness (QED) is 0.580. The number of hydrogen-bond acceptors (Lipinski definition) is 5. The highest BCUT2D eigenvalue weighted by molar-refractivity contribution is 5.92. The molecule has 2 heterocycles. The van der Waals surface area contributed by atoms with Crippen LogP contribution in [0, 0.1) is 0 Å². The summed E-state index contributed by atoms with van der Waals surface area (Å²) in [6.07, 6.45) is 0. The third kappa shape index (κ3) is 3.10. The Bertz CT molecular complexity index is 1060. The minimum Gasteiger partial charge on any atom is -0.366 e. The number of nitrogens with two attached hydrogens (primary N) is 1. The fourth-order valence-corrected chi connectivity index (χ4v) is 2.63. The van der Waals surface area contributed by atoms with Crippen LogP contribution in [0.3, 0.4) is 0 Å². The van der Waals surface area contributed by atoms with Crippen molar-refractivity contribution in [1.29, 1.82) is 0 Å². The van der Waals surface area contributed by atoms with Gasteiger partial charge in [0.2, 0.25) is 5.91 Å². The van der Waals surface area contributed by atoms with Crippen molar-refractivity contribution in [3.05, 3.63) is 77.9 Å². The van der Waals surface area contributed by atoms with Crippen LogP contribution in [0.1, 0.15) is 15.9 Å². The van der Waals surface area contributed by atoms with E-state index in [-0.39, 0.29) is 0 Å². The summed E-state index contributed by atoms with van der Waals surface area (Å²) in [5.41, 5.74) is 8.39. The first-order valence-corrected chi connectivity index (χ1v) is 8.11. The number of fused-ring (bicyclic) bond motifs is 1. The molecule has 2 aromatic carbocycles. The Balaban J connectivity index is 1.56. The zero-order chi connectivity index (χ0) is 17.9. The van der Waals surface area contributed by atoms with Gasteiger partial charge in [0.25, 0.3) is 0 Å². The van der Waals surface area contributed by atoms with Gasteiger partial charge in [0.05, 0.1) is 0 Å². The summed E-state index contributed by atoms with van der Waals surface area (Å²) >= 11 is 0. The number of amides is 1. The van der Waals surface area contributed by atoms with Crippen molar-refractivity contribution >= 4 is 17.4 Å². The number of nitrogens with zero attached hydrogens (tertiary/aromatic N) is 4. The van der Waals surface area contributed by atoms with E-state index < -0.39 is 5.91 Å². The average molecular weight is 344 g/mol. The molecule has 0 aliphatic carbocycles. The van der Waals surface area contributed by atoms with Crippen LogP contribution in [0.4, 0.5) is 5.82 Å². The Hall–Kier alpha value is -3.74. The van der Waals surface area contributed by atoms with Gasteiger partial charge >= 0.3 is 0 Å². The highest BCUT2D eigenvalue weighted by Crippen LogP contribution is 2.18. The smallest absolute Gasteiger partial charge is 0.248 e. The highest BCUT2D eigenvalue weighted by atomic mass is 16.1. The molecule has 4 rings (SSSR count). The predicted molar refractivity (Wildman–Crippen MR) is 98.5 cm³/mol. The summed E-state index contributed by atoms with van der Waals surface area (Å²) in [6, 6.07) is 20.7. The molecule has 0 spiro atoms. The van der Waals surface area contributed by atoms with Gasteiger partial charge in [0, 0.05) is 17.7 Å². The largest absolute Gasteiger partial charge is 0.366 e. The number of benzene rings is 2. The molecule has 3 N–H and O–H groups in total. The van der Waals surface area contributed by atoms with Crippen molar-refractivity contribution in [2.75, 3.05) is 5.32 Å². The third-order valence-electron chi connectivity index (χ3n) is 4.01. The Kier molecular flexibility index (Phi) is 4.03. The highest BCUT2D eigenvalue weighted by Gasteiger charge is 2.09. The van der Waals surface area contributed by atoms with E-state index in [1.807, 2.05) is 54.6 Å². The molecule has 0 radical (unpaired) electrons. The Morgan fingerprint density at radius 3 is 2.46 bits per heavy atom. The monoisotopic (exact) mass is 344 g/mol. The van der Waals surface area contributed by atoms with Gasteiger partial charge in [0.1, 0.15) is 5.82 Å². The lowest BCUT2D eigenvalue weighted by atomic mass is 10.1. The third-order valence-corrected chi connectivity index (χ3v) is 4.01. The van der Waals surface area contributed by atoms with Crippen LogP contribution in [0.2, 0.25) is 0 Å². The fraction of sp³-hybridized carbons (Fsp3) is 0.0526. The summed E-state index contributed by atoms with van der Waals surface area (Å²) in [6.45, 7) is 0.570. The lowest BCUT2D eigenvalue weighted by molar-refractivity contribution is 0.100. The molecular weight excluding hydrogens is 328 g/mol. The number of rotatable bonds is 5. The Morgan fingerprint density at radius 2 is 1.73 bits per heavy atom. The molecule has 0 saturated heterocycles. The zero-order valence-corrected chi connectivity index (χ0v) is 13.8. The average Bonchev–Trinajstić information content (AvgIpc) is 3.10. The van der Waals surface area contributed by atoms with Crippen molar-refractivity contribution in [1.82, 2.24) is 19.8 Å². The second kappa shape index (κ2) is 6.64. The van der Waals surface area contributed by atoms with Crippen LogP contribution >= 0.6 is 0 Å². The predicted octanol–water partition coefficient (Wildman–Crippen LogP) is 2.50.